The summed E-state index contributed by atoms with van der Waals surface area (Å²) in [6.45, 7) is 0. The summed E-state index contributed by atoms with van der Waals surface area (Å²) in [5.74, 6) is 4.60. The Balaban J connectivity index is 3.88. The zero-order valence-electron chi connectivity index (χ0n) is 10.5. The number of rotatable bonds is 9. The molecule has 0 atom stereocenters. The van der Waals surface area contributed by atoms with Crippen LogP contribution < -0.4 is 5.84 Å². The van der Waals surface area contributed by atoms with Crippen molar-refractivity contribution in [3.8, 4) is 0 Å². The molecule has 21 nitrogen and oxygen atoms in total. The van der Waals surface area contributed by atoms with E-state index >= 15 is 0 Å². The number of nitrogens with two attached hydrogens (primary N) is 1. The molecule has 0 aromatic carbocycles. The summed E-state index contributed by atoms with van der Waals surface area (Å²) in [5.41, 5.74) is 0. The Bertz CT molecular complexity index is 480. The van der Waals surface area contributed by atoms with Gasteiger partial charge in [0.1, 0.15) is 0 Å². The van der Waals surface area contributed by atoms with Gasteiger partial charge in [-0.2, -0.15) is 5.11 Å². The van der Waals surface area contributed by atoms with Crippen molar-refractivity contribution in [1.82, 2.24) is 0 Å². The molecule has 2 N–H and O–H groups in total. The number of hydrogen-bond acceptors (Lipinski definition) is 2. The first-order valence-electron chi connectivity index (χ1n) is 4.51. The van der Waals surface area contributed by atoms with E-state index in [2.05, 4.69) is 110 Å². The maximum Gasteiger partial charge on any atom is 0.0510 e. The van der Waals surface area contributed by atoms with Crippen LogP contribution in [0.25, 0.3) is 0 Å². The summed E-state index contributed by atoms with van der Waals surface area (Å²) < 4.78 is 0. The van der Waals surface area contributed by atoms with Crippen molar-refractivity contribution >= 4 is 0 Å². The summed E-state index contributed by atoms with van der Waals surface area (Å²) in [7, 11) is 1.40. The van der Waals surface area contributed by atoms with Gasteiger partial charge in [-0.05, 0) is 78.3 Å². The molecule has 0 saturated carbocycles. The molecule has 0 heterocycles. The van der Waals surface area contributed by atoms with Crippen LogP contribution in [0.3, 0.4) is 0 Å². The number of nitrogens with zero attached hydrogens (tertiary/aromatic N) is 20. The highest BCUT2D eigenvalue weighted by atomic mass is 15.7. The van der Waals surface area contributed by atoms with E-state index in [4.69, 9.17) is 0 Å². The van der Waals surface area contributed by atoms with Gasteiger partial charge in [0.25, 0.3) is 0 Å². The average Bonchev–Trinajstić information content (AvgIpc) is 2.54. The quantitative estimate of drug-likeness (QED) is 0.374. The lowest BCUT2D eigenvalue weighted by Crippen LogP contribution is -1.70. The molecule has 0 aliphatic heterocycles. The summed E-state index contributed by atoms with van der Waals surface area (Å²) in [5, 5.41) is 60.0. The van der Waals surface area contributed by atoms with Gasteiger partial charge < -0.3 is 5.84 Å². The van der Waals surface area contributed by atoms with Gasteiger partial charge in [0.15, 0.2) is 0 Å². The minimum Gasteiger partial charge on any atom is -0.303 e. The van der Waals surface area contributed by atoms with Crippen LogP contribution in [0.5, 0.6) is 0 Å². The van der Waals surface area contributed by atoms with E-state index in [9.17, 15) is 0 Å². The minimum atomic E-state index is 1.40. The van der Waals surface area contributed by atoms with Crippen molar-refractivity contribution in [1.29, 1.82) is 0 Å². The molecule has 0 aromatic heterocycles. The Kier molecular flexibility index (Phi) is 13.6. The van der Waals surface area contributed by atoms with E-state index in [1.54, 1.807) is 0 Å². The van der Waals surface area contributed by atoms with Crippen molar-refractivity contribution < 1.29 is 0 Å². The van der Waals surface area contributed by atoms with E-state index in [0.29, 0.717) is 0 Å². The molecule has 0 rings (SSSR count). The first-order chi connectivity index (χ1) is 10.9. The minimum absolute atomic E-state index is 1.40. The van der Waals surface area contributed by atoms with E-state index in [1.807, 2.05) is 0 Å². The van der Waals surface area contributed by atoms with Crippen molar-refractivity contribution in [2.45, 2.75) is 0 Å². The van der Waals surface area contributed by atoms with Crippen LogP contribution in [0.1, 0.15) is 0 Å². The molecule has 114 valence electrons. The molecule has 0 fully saturated rings. The molecular weight excluding hydrogens is 306 g/mol. The molecule has 0 aliphatic rings. The van der Waals surface area contributed by atoms with Gasteiger partial charge in [-0.15, -0.1) is 0 Å². The maximum atomic E-state index is 4.60. The monoisotopic (exact) mass is 311 g/mol. The Labute approximate surface area is 118 Å². The molecule has 0 amide bonds. The summed E-state index contributed by atoms with van der Waals surface area (Å²) in [4.78, 5) is 0. The highest BCUT2D eigenvalue weighted by Gasteiger charge is 1.71. The van der Waals surface area contributed by atoms with Crippen molar-refractivity contribution in [3.63, 3.8) is 0 Å². The van der Waals surface area contributed by atoms with Crippen LogP contribution >= 0.6 is 0 Å². The fraction of sp³-hybridized carbons (Fsp3) is 1.00. The van der Waals surface area contributed by atoms with E-state index in [-0.39, 0.29) is 0 Å². The van der Waals surface area contributed by atoms with Crippen LogP contribution in [0.4, 0.5) is 0 Å². The second-order valence-corrected chi connectivity index (χ2v) is 1.93. The average molecular weight is 311 g/mol. The Hall–Kier alpha value is -4.20. The largest absolute Gasteiger partial charge is 0.303 e. The van der Waals surface area contributed by atoms with Gasteiger partial charge in [-0.3, -0.25) is 0 Å². The van der Waals surface area contributed by atoms with Crippen LogP contribution in [-0.4, -0.2) is 7.05 Å². The fourth-order valence-electron chi connectivity index (χ4n) is 0.349. The molecular formula is CH5N21. The van der Waals surface area contributed by atoms with Gasteiger partial charge in [0, 0.05) is 15.7 Å². The predicted molar refractivity (Wildman–Crippen MR) is 58.7 cm³/mol. The van der Waals surface area contributed by atoms with E-state index in [0.717, 1.165) is 0 Å². The summed E-state index contributed by atoms with van der Waals surface area (Å²) >= 11 is 0. The molecule has 22 heavy (non-hydrogen) atoms. The predicted octanol–water partition coefficient (Wildman–Crippen LogP) is 3.25. The Morgan fingerprint density at radius 2 is 0.591 bits per heavy atom. The van der Waals surface area contributed by atoms with Gasteiger partial charge in [-0.25, -0.2) is 0 Å². The lowest BCUT2D eigenvalue weighted by atomic mass is 11.6. The van der Waals surface area contributed by atoms with Crippen molar-refractivity contribution in [2.75, 3.05) is 7.05 Å². The van der Waals surface area contributed by atoms with Gasteiger partial charge >= 0.3 is 0 Å². The number of hydrogen-bond donors (Lipinski definition) is 1. The van der Waals surface area contributed by atoms with Crippen LogP contribution in [0, 0.1) is 0 Å². The smallest absolute Gasteiger partial charge is 0.0510 e. The highest BCUT2D eigenvalue weighted by molar-refractivity contribution is 4.14. The van der Waals surface area contributed by atoms with Gasteiger partial charge in [0.2, 0.25) is 0 Å². The van der Waals surface area contributed by atoms with Crippen LogP contribution in [-0.2, 0) is 0 Å². The second-order valence-electron chi connectivity index (χ2n) is 1.93. The third kappa shape index (κ3) is 15.8. The molecule has 0 aromatic rings. The molecule has 21 heteroatoms. The van der Waals surface area contributed by atoms with Crippen molar-refractivity contribution in [2.24, 2.45) is 110 Å². The molecule has 0 spiro atoms. The zero-order valence-corrected chi connectivity index (χ0v) is 10.5. The Morgan fingerprint density at radius 1 is 0.364 bits per heavy atom. The van der Waals surface area contributed by atoms with Gasteiger partial charge in [-0.1, -0.05) is 5.22 Å². The molecule has 0 radical (unpaired) electrons. The summed E-state index contributed by atoms with van der Waals surface area (Å²) in [6.07, 6.45) is 0. The lowest BCUT2D eigenvalue weighted by Gasteiger charge is -1.69. The topological polar surface area (TPSA) is 273 Å². The zero-order chi connectivity index (χ0) is 16.1. The third-order valence-electron chi connectivity index (χ3n) is 0.821. The van der Waals surface area contributed by atoms with Crippen LogP contribution in [0.2, 0.25) is 0 Å². The van der Waals surface area contributed by atoms with Crippen molar-refractivity contribution in [3.05, 3.63) is 0 Å². The van der Waals surface area contributed by atoms with Gasteiger partial charge in [0.05, 0.1) is 7.05 Å². The maximum absolute atomic E-state index is 4.60. The molecule has 0 saturated heterocycles. The standard InChI is InChI=1S/CH5N21/c1-3-5-7-9-11-13-15-17-19-21-22-20-18-16-14-12-10-8-6-4-2/h1H3,(H2,2,3,6,7,10,11,14,15,18,19,22). The molecule has 0 unspecified atom stereocenters. The summed E-state index contributed by atoms with van der Waals surface area (Å²) in [6, 6.07) is 0. The lowest BCUT2D eigenvalue weighted by molar-refractivity contribution is 0.737. The second kappa shape index (κ2) is 16.8. The van der Waals surface area contributed by atoms with E-state index < -0.39 is 0 Å². The van der Waals surface area contributed by atoms with E-state index in [1.165, 1.54) is 7.05 Å². The molecule has 0 aliphatic carbocycles. The SMILES string of the molecule is CN=N/N=N/N=N/N=N/N=N/N=N/N=N/N=N/N=N/N=N/N. The first-order valence-corrected chi connectivity index (χ1v) is 4.51. The fourth-order valence-corrected chi connectivity index (χ4v) is 0.349. The third-order valence-corrected chi connectivity index (χ3v) is 0.821. The Morgan fingerprint density at radius 3 is 0.818 bits per heavy atom. The normalized spacial score (nSPS) is 14.8. The first kappa shape index (κ1) is 17.8. The highest BCUT2D eigenvalue weighted by Crippen LogP contribution is 1.89. The van der Waals surface area contributed by atoms with Crippen LogP contribution in [0.15, 0.2) is 104 Å². The molecule has 0 bridgehead atoms.